The lowest BCUT2D eigenvalue weighted by atomic mass is 10.1. The van der Waals surface area contributed by atoms with Crippen LogP contribution in [0.4, 0.5) is 0 Å². The number of rotatable bonds is 12. The number of nitrogens with zero attached hydrogens (tertiary/aromatic N) is 3. The van der Waals surface area contributed by atoms with Gasteiger partial charge in [-0.2, -0.15) is 0 Å². The highest BCUT2D eigenvalue weighted by Crippen LogP contribution is 2.06. The molecular formula is C12H23N3O3. The van der Waals surface area contributed by atoms with Crippen LogP contribution in [0.2, 0.25) is 0 Å². The van der Waals surface area contributed by atoms with Crippen LogP contribution in [0, 0.1) is 0 Å². The van der Waals surface area contributed by atoms with Crippen molar-refractivity contribution in [1.82, 2.24) is 0 Å². The molecule has 0 aliphatic rings. The number of carbonyl (C=O) groups is 1. The van der Waals surface area contributed by atoms with Gasteiger partial charge in [0.05, 0.1) is 13.2 Å². The molecule has 0 aliphatic heterocycles. The van der Waals surface area contributed by atoms with Crippen LogP contribution in [-0.2, 0) is 14.3 Å². The van der Waals surface area contributed by atoms with E-state index in [2.05, 4.69) is 10.0 Å². The van der Waals surface area contributed by atoms with E-state index in [1.807, 2.05) is 6.92 Å². The third-order valence-corrected chi connectivity index (χ3v) is 2.37. The smallest absolute Gasteiger partial charge is 0.305 e. The molecule has 0 aliphatic carbocycles. The number of unbranched alkanes of at least 4 members (excludes halogenated alkanes) is 4. The van der Waals surface area contributed by atoms with Gasteiger partial charge in [-0.25, -0.2) is 0 Å². The van der Waals surface area contributed by atoms with Crippen LogP contribution in [0.1, 0.15) is 45.4 Å². The average Bonchev–Trinajstić information content (AvgIpc) is 2.36. The van der Waals surface area contributed by atoms with Crippen molar-refractivity contribution in [1.29, 1.82) is 0 Å². The number of ether oxygens (including phenoxy) is 2. The Morgan fingerprint density at radius 2 is 1.89 bits per heavy atom. The summed E-state index contributed by atoms with van der Waals surface area (Å²) in [5.41, 5.74) is 8.03. The van der Waals surface area contributed by atoms with Crippen molar-refractivity contribution in [3.05, 3.63) is 10.4 Å². The first kappa shape index (κ1) is 16.7. The molecule has 104 valence electrons. The molecule has 6 heteroatoms. The average molecular weight is 257 g/mol. The maximum atomic E-state index is 11.0. The fourth-order valence-electron chi connectivity index (χ4n) is 1.49. The lowest BCUT2D eigenvalue weighted by Gasteiger charge is -2.03. The van der Waals surface area contributed by atoms with Gasteiger partial charge in [-0.1, -0.05) is 24.4 Å². The van der Waals surface area contributed by atoms with Gasteiger partial charge in [0.2, 0.25) is 0 Å². The summed E-state index contributed by atoms with van der Waals surface area (Å²) in [6, 6.07) is 0. The van der Waals surface area contributed by atoms with E-state index in [1.165, 1.54) is 0 Å². The number of azide groups is 1. The summed E-state index contributed by atoms with van der Waals surface area (Å²) in [6.07, 6.45) is 5.70. The predicted molar refractivity (Wildman–Crippen MR) is 69.2 cm³/mol. The minimum absolute atomic E-state index is 0.0983. The highest BCUT2D eigenvalue weighted by Gasteiger charge is 2.00. The van der Waals surface area contributed by atoms with Gasteiger partial charge in [-0.05, 0) is 25.3 Å². The van der Waals surface area contributed by atoms with Crippen LogP contribution in [0.15, 0.2) is 5.11 Å². The van der Waals surface area contributed by atoms with Gasteiger partial charge in [0.1, 0.15) is 0 Å². The summed E-state index contributed by atoms with van der Waals surface area (Å²) >= 11 is 0. The van der Waals surface area contributed by atoms with E-state index in [-0.39, 0.29) is 5.97 Å². The minimum Gasteiger partial charge on any atom is -0.466 e. The maximum Gasteiger partial charge on any atom is 0.305 e. The predicted octanol–water partition coefficient (Wildman–Crippen LogP) is 3.22. The Morgan fingerprint density at radius 3 is 2.61 bits per heavy atom. The molecule has 0 saturated carbocycles. The molecular weight excluding hydrogens is 234 g/mol. The third-order valence-electron chi connectivity index (χ3n) is 2.37. The lowest BCUT2D eigenvalue weighted by molar-refractivity contribution is -0.143. The topological polar surface area (TPSA) is 84.3 Å². The second-order valence-electron chi connectivity index (χ2n) is 3.89. The summed E-state index contributed by atoms with van der Waals surface area (Å²) in [5.74, 6) is -0.0983. The number of esters is 1. The molecule has 0 radical (unpaired) electrons. The number of hydrogen-bond donors (Lipinski definition) is 0. The molecule has 0 saturated heterocycles. The van der Waals surface area contributed by atoms with Crippen molar-refractivity contribution in [2.75, 3.05) is 26.4 Å². The van der Waals surface area contributed by atoms with Crippen molar-refractivity contribution in [2.24, 2.45) is 5.11 Å². The first-order valence-electron chi connectivity index (χ1n) is 6.55. The van der Waals surface area contributed by atoms with E-state index in [0.717, 1.165) is 32.1 Å². The third kappa shape index (κ3) is 12.8. The van der Waals surface area contributed by atoms with E-state index in [1.54, 1.807) is 0 Å². The van der Waals surface area contributed by atoms with Crippen LogP contribution in [-0.4, -0.2) is 32.3 Å². The molecule has 18 heavy (non-hydrogen) atoms. The van der Waals surface area contributed by atoms with Crippen molar-refractivity contribution < 1.29 is 14.3 Å². The Bertz CT molecular complexity index is 253. The van der Waals surface area contributed by atoms with E-state index in [0.29, 0.717) is 32.8 Å². The summed E-state index contributed by atoms with van der Waals surface area (Å²) in [5, 5.41) is 3.37. The summed E-state index contributed by atoms with van der Waals surface area (Å²) < 4.78 is 10.1. The zero-order valence-corrected chi connectivity index (χ0v) is 11.1. The number of hydrogen-bond acceptors (Lipinski definition) is 4. The lowest BCUT2D eigenvalue weighted by Crippen LogP contribution is -2.03. The van der Waals surface area contributed by atoms with Crippen LogP contribution < -0.4 is 0 Å². The van der Waals surface area contributed by atoms with Crippen LogP contribution in [0.5, 0.6) is 0 Å². The van der Waals surface area contributed by atoms with E-state index in [9.17, 15) is 4.79 Å². The summed E-state index contributed by atoms with van der Waals surface area (Å²) in [4.78, 5) is 13.7. The fraction of sp³-hybridized carbons (Fsp3) is 0.917. The molecule has 0 aromatic heterocycles. The monoisotopic (exact) mass is 257 g/mol. The van der Waals surface area contributed by atoms with E-state index < -0.39 is 0 Å². The molecule has 0 spiro atoms. The van der Waals surface area contributed by atoms with Crippen LogP contribution in [0.25, 0.3) is 10.4 Å². The van der Waals surface area contributed by atoms with Gasteiger partial charge in [0, 0.05) is 24.5 Å². The molecule has 0 unspecified atom stereocenters. The molecule has 0 bridgehead atoms. The van der Waals surface area contributed by atoms with Gasteiger partial charge in [-0.15, -0.1) is 0 Å². The van der Waals surface area contributed by atoms with Gasteiger partial charge < -0.3 is 9.47 Å². The largest absolute Gasteiger partial charge is 0.466 e. The van der Waals surface area contributed by atoms with Gasteiger partial charge >= 0.3 is 5.97 Å². The Labute approximate surface area is 108 Å². The van der Waals surface area contributed by atoms with Crippen LogP contribution >= 0.6 is 0 Å². The summed E-state index contributed by atoms with van der Waals surface area (Å²) in [6.45, 7) is 3.88. The van der Waals surface area contributed by atoms with Crippen molar-refractivity contribution in [2.45, 2.75) is 45.4 Å². The highest BCUT2D eigenvalue weighted by molar-refractivity contribution is 5.69. The molecule has 0 aromatic carbocycles. The van der Waals surface area contributed by atoms with E-state index in [4.69, 9.17) is 15.0 Å². The van der Waals surface area contributed by atoms with Gasteiger partial charge in [0.15, 0.2) is 0 Å². The van der Waals surface area contributed by atoms with Gasteiger partial charge in [-0.3, -0.25) is 4.79 Å². The van der Waals surface area contributed by atoms with Crippen LogP contribution in [0.3, 0.4) is 0 Å². The highest BCUT2D eigenvalue weighted by atomic mass is 16.5. The Balaban J connectivity index is 3.07. The standard InChI is InChI=1S/C12H23N3O3/c1-2-18-12(16)8-6-4-3-5-7-10-17-11-9-14-15-13/h2-11H2,1H3. The SMILES string of the molecule is CCOC(=O)CCCCCCCOCCN=[N+]=[N-]. The molecule has 0 fully saturated rings. The Kier molecular flexibility index (Phi) is 12.8. The van der Waals surface area contributed by atoms with Crippen molar-refractivity contribution in [3.63, 3.8) is 0 Å². The minimum atomic E-state index is -0.0983. The molecule has 0 atom stereocenters. The molecule has 0 N–H and O–H groups in total. The molecule has 6 nitrogen and oxygen atoms in total. The molecule has 0 heterocycles. The zero-order valence-electron chi connectivity index (χ0n) is 11.1. The second-order valence-corrected chi connectivity index (χ2v) is 3.89. The number of carbonyl (C=O) groups excluding carboxylic acids is 1. The molecule has 0 rings (SSSR count). The normalized spacial score (nSPS) is 9.83. The second kappa shape index (κ2) is 13.8. The zero-order chi connectivity index (χ0) is 13.5. The maximum absolute atomic E-state index is 11.0. The van der Waals surface area contributed by atoms with Crippen molar-refractivity contribution >= 4 is 5.97 Å². The fourth-order valence-corrected chi connectivity index (χ4v) is 1.49. The van der Waals surface area contributed by atoms with Crippen molar-refractivity contribution in [3.8, 4) is 0 Å². The molecule has 0 amide bonds. The van der Waals surface area contributed by atoms with E-state index >= 15 is 0 Å². The van der Waals surface area contributed by atoms with Gasteiger partial charge in [0.25, 0.3) is 0 Å². The Morgan fingerprint density at radius 1 is 1.17 bits per heavy atom. The molecule has 0 aromatic rings. The Hall–Kier alpha value is -1.26. The first-order chi connectivity index (χ1) is 8.81. The summed E-state index contributed by atoms with van der Waals surface area (Å²) in [7, 11) is 0. The first-order valence-corrected chi connectivity index (χ1v) is 6.55. The quantitative estimate of drug-likeness (QED) is 0.177.